The van der Waals surface area contributed by atoms with Crippen LogP contribution in [0.4, 0.5) is 0 Å². The molecule has 0 aromatic heterocycles. The Morgan fingerprint density at radius 2 is 1.71 bits per heavy atom. The first-order chi connectivity index (χ1) is 6.54. The van der Waals surface area contributed by atoms with Gasteiger partial charge in [-0.05, 0) is 12.8 Å². The lowest BCUT2D eigenvalue weighted by atomic mass is 9.82. The fourth-order valence-electron chi connectivity index (χ4n) is 2.44. The van der Waals surface area contributed by atoms with Crippen LogP contribution in [0.2, 0.25) is 0 Å². The molecule has 14 heavy (non-hydrogen) atoms. The molecule has 2 fully saturated rings. The van der Waals surface area contributed by atoms with Crippen LogP contribution in [-0.4, -0.2) is 19.0 Å². The lowest BCUT2D eigenvalue weighted by Gasteiger charge is -2.48. The average molecular weight is 198 g/mol. The smallest absolute Gasteiger partial charge is 0.170 e. The highest BCUT2D eigenvalue weighted by Crippen LogP contribution is 2.42. The molecule has 2 heteroatoms. The van der Waals surface area contributed by atoms with Crippen molar-refractivity contribution in [2.24, 2.45) is 11.3 Å². The van der Waals surface area contributed by atoms with Gasteiger partial charge in [0.05, 0.1) is 13.2 Å². The van der Waals surface area contributed by atoms with Crippen molar-refractivity contribution in [3.63, 3.8) is 0 Å². The minimum Gasteiger partial charge on any atom is -0.349 e. The summed E-state index contributed by atoms with van der Waals surface area (Å²) in [4.78, 5) is 0. The van der Waals surface area contributed by atoms with E-state index < -0.39 is 0 Å². The molecule has 2 rings (SSSR count). The van der Waals surface area contributed by atoms with E-state index in [0.717, 1.165) is 19.6 Å². The molecule has 0 bridgehead atoms. The summed E-state index contributed by atoms with van der Waals surface area (Å²) < 4.78 is 12.0. The van der Waals surface area contributed by atoms with E-state index in [9.17, 15) is 0 Å². The molecule has 1 aliphatic heterocycles. The van der Waals surface area contributed by atoms with Crippen LogP contribution in [0.1, 0.15) is 46.5 Å². The molecule has 1 saturated carbocycles. The van der Waals surface area contributed by atoms with Crippen LogP contribution < -0.4 is 0 Å². The van der Waals surface area contributed by atoms with Gasteiger partial charge in [0, 0.05) is 17.8 Å². The zero-order chi connectivity index (χ0) is 10.2. The number of ether oxygens (including phenoxy) is 2. The Labute approximate surface area is 87.0 Å². The van der Waals surface area contributed by atoms with Gasteiger partial charge < -0.3 is 9.47 Å². The number of hydrogen-bond donors (Lipinski definition) is 0. The number of hydrogen-bond acceptors (Lipinski definition) is 2. The molecule has 0 aromatic carbocycles. The summed E-state index contributed by atoms with van der Waals surface area (Å²) in [7, 11) is 0. The van der Waals surface area contributed by atoms with Gasteiger partial charge in [-0.3, -0.25) is 0 Å². The summed E-state index contributed by atoms with van der Waals surface area (Å²) in [5, 5.41) is 0. The van der Waals surface area contributed by atoms with Crippen molar-refractivity contribution in [2.75, 3.05) is 13.2 Å². The molecule has 0 radical (unpaired) electrons. The van der Waals surface area contributed by atoms with Crippen LogP contribution >= 0.6 is 0 Å². The predicted octanol–water partition coefficient (Wildman–Crippen LogP) is 2.97. The van der Waals surface area contributed by atoms with E-state index in [4.69, 9.17) is 9.47 Å². The fourth-order valence-corrected chi connectivity index (χ4v) is 2.44. The highest BCUT2D eigenvalue weighted by atomic mass is 16.7. The van der Waals surface area contributed by atoms with E-state index >= 15 is 0 Å². The first-order valence-electron chi connectivity index (χ1n) is 5.82. The monoisotopic (exact) mass is 198 g/mol. The molecule has 1 atom stereocenters. The van der Waals surface area contributed by atoms with Crippen molar-refractivity contribution in [3.8, 4) is 0 Å². The summed E-state index contributed by atoms with van der Waals surface area (Å²) in [6.45, 7) is 8.35. The maximum atomic E-state index is 6.01. The van der Waals surface area contributed by atoms with Crippen molar-refractivity contribution in [3.05, 3.63) is 0 Å². The predicted molar refractivity (Wildman–Crippen MR) is 56.0 cm³/mol. The van der Waals surface area contributed by atoms with Gasteiger partial charge in [-0.15, -0.1) is 0 Å². The van der Waals surface area contributed by atoms with E-state index in [0.29, 0.717) is 5.92 Å². The van der Waals surface area contributed by atoms with E-state index in [-0.39, 0.29) is 11.2 Å². The van der Waals surface area contributed by atoms with Gasteiger partial charge in [0.25, 0.3) is 0 Å². The maximum Gasteiger partial charge on any atom is 0.170 e. The lowest BCUT2D eigenvalue weighted by Crippen LogP contribution is -2.52. The molecule has 1 saturated heterocycles. The zero-order valence-electron chi connectivity index (χ0n) is 9.64. The molecule has 0 aromatic rings. The van der Waals surface area contributed by atoms with Gasteiger partial charge in [-0.25, -0.2) is 0 Å². The summed E-state index contributed by atoms with van der Waals surface area (Å²) in [5.41, 5.74) is 0.197. The molecule has 2 aliphatic rings. The second-order valence-corrected chi connectivity index (χ2v) is 5.70. The molecule has 0 unspecified atom stereocenters. The third kappa shape index (κ3) is 1.82. The molecule has 1 aliphatic carbocycles. The van der Waals surface area contributed by atoms with E-state index in [1.165, 1.54) is 19.3 Å². The standard InChI is InChI=1S/C12H22O2/c1-10-6-4-5-7-12(10)13-8-11(2,3)9-14-12/h10H,4-9H2,1-3H3/t10-/m1/s1. The molecule has 1 spiro atoms. The normalized spacial score (nSPS) is 35.8. The van der Waals surface area contributed by atoms with Crippen molar-refractivity contribution in [1.29, 1.82) is 0 Å². The fraction of sp³-hybridized carbons (Fsp3) is 1.00. The third-order valence-corrected chi connectivity index (χ3v) is 3.58. The second-order valence-electron chi connectivity index (χ2n) is 5.70. The Morgan fingerprint density at radius 3 is 2.29 bits per heavy atom. The van der Waals surface area contributed by atoms with Crippen LogP contribution in [0.15, 0.2) is 0 Å². The lowest BCUT2D eigenvalue weighted by molar-refractivity contribution is -0.329. The van der Waals surface area contributed by atoms with Crippen molar-refractivity contribution >= 4 is 0 Å². The molecule has 1 heterocycles. The van der Waals surface area contributed by atoms with E-state index in [2.05, 4.69) is 20.8 Å². The molecule has 2 nitrogen and oxygen atoms in total. The Balaban J connectivity index is 2.03. The Bertz CT molecular complexity index is 200. The molecule has 82 valence electrons. The van der Waals surface area contributed by atoms with E-state index in [1.54, 1.807) is 0 Å². The largest absolute Gasteiger partial charge is 0.349 e. The second kappa shape index (κ2) is 3.49. The first kappa shape index (κ1) is 10.4. The van der Waals surface area contributed by atoms with Crippen molar-refractivity contribution in [2.45, 2.75) is 52.2 Å². The summed E-state index contributed by atoms with van der Waals surface area (Å²) in [5.74, 6) is 0.334. The number of rotatable bonds is 0. The van der Waals surface area contributed by atoms with Crippen LogP contribution in [0.25, 0.3) is 0 Å². The minimum absolute atomic E-state index is 0.197. The maximum absolute atomic E-state index is 6.01. The SMILES string of the molecule is C[C@@H]1CCCCC12OCC(C)(C)CO2. The van der Waals surface area contributed by atoms with Gasteiger partial charge in [0.15, 0.2) is 5.79 Å². The molecule has 0 amide bonds. The van der Waals surface area contributed by atoms with Crippen molar-refractivity contribution < 1.29 is 9.47 Å². The quantitative estimate of drug-likeness (QED) is 0.596. The van der Waals surface area contributed by atoms with Crippen LogP contribution in [-0.2, 0) is 9.47 Å². The van der Waals surface area contributed by atoms with Gasteiger partial charge in [-0.1, -0.05) is 27.2 Å². The van der Waals surface area contributed by atoms with Gasteiger partial charge >= 0.3 is 0 Å². The topological polar surface area (TPSA) is 18.5 Å². The Morgan fingerprint density at radius 1 is 1.07 bits per heavy atom. The highest BCUT2D eigenvalue weighted by molar-refractivity contribution is 4.86. The Kier molecular flexibility index (Phi) is 2.61. The first-order valence-corrected chi connectivity index (χ1v) is 5.82. The molecular formula is C12H22O2. The molecule has 0 N–H and O–H groups in total. The highest BCUT2D eigenvalue weighted by Gasteiger charge is 2.45. The van der Waals surface area contributed by atoms with Crippen LogP contribution in [0.3, 0.4) is 0 Å². The minimum atomic E-state index is -0.228. The molecular weight excluding hydrogens is 176 g/mol. The summed E-state index contributed by atoms with van der Waals surface area (Å²) in [6, 6.07) is 0. The van der Waals surface area contributed by atoms with Crippen LogP contribution in [0, 0.1) is 11.3 Å². The average Bonchev–Trinajstić information content (AvgIpc) is 2.15. The Hall–Kier alpha value is -0.0800. The summed E-state index contributed by atoms with van der Waals surface area (Å²) in [6.07, 6.45) is 4.93. The van der Waals surface area contributed by atoms with Gasteiger partial charge in [-0.2, -0.15) is 0 Å². The zero-order valence-corrected chi connectivity index (χ0v) is 9.64. The van der Waals surface area contributed by atoms with Crippen molar-refractivity contribution in [1.82, 2.24) is 0 Å². The van der Waals surface area contributed by atoms with Gasteiger partial charge in [0.2, 0.25) is 0 Å². The van der Waals surface area contributed by atoms with E-state index in [1.807, 2.05) is 0 Å². The summed E-state index contributed by atoms with van der Waals surface area (Å²) >= 11 is 0. The van der Waals surface area contributed by atoms with Gasteiger partial charge in [0.1, 0.15) is 0 Å². The van der Waals surface area contributed by atoms with Crippen LogP contribution in [0.5, 0.6) is 0 Å². The third-order valence-electron chi connectivity index (χ3n) is 3.58.